The fraction of sp³-hybridized carbons (Fsp3) is 0.0294. The van der Waals surface area contributed by atoms with E-state index in [1.807, 2.05) is 59.9 Å². The maximum Gasteiger partial charge on any atom is 0.194 e. The van der Waals surface area contributed by atoms with Crippen molar-refractivity contribution in [3.8, 4) is 43.8 Å². The van der Waals surface area contributed by atoms with Gasteiger partial charge in [-0.2, -0.15) is 21.0 Å². The number of hydrogen-bond donors (Lipinski definition) is 0. The largest absolute Gasteiger partial charge is 0.289 e. The van der Waals surface area contributed by atoms with Crippen molar-refractivity contribution < 1.29 is 9.59 Å². The van der Waals surface area contributed by atoms with Crippen LogP contribution < -0.4 is 0 Å². The smallest absolute Gasteiger partial charge is 0.194 e. The van der Waals surface area contributed by atoms with Crippen LogP contribution in [-0.4, -0.2) is 11.6 Å². The van der Waals surface area contributed by atoms with E-state index >= 15 is 0 Å². The lowest BCUT2D eigenvalue weighted by Crippen LogP contribution is -2.35. The summed E-state index contributed by atoms with van der Waals surface area (Å²) in [5.41, 5.74) is 11.0. The number of hydrogen-bond acceptors (Lipinski definition) is 11. The highest BCUT2D eigenvalue weighted by Gasteiger charge is 2.60. The molecule has 5 aromatic heterocycles. The van der Waals surface area contributed by atoms with Crippen LogP contribution in [0.4, 0.5) is 0 Å². The first-order valence-corrected chi connectivity index (χ1v) is 29.3. The predicted octanol–water partition coefficient (Wildman–Crippen LogP) is 17.2. The zero-order valence-electron chi connectivity index (χ0n) is 41.1. The standard InChI is InChI=1S/C68H32N4O2S5/c69-33-37(34-70)53-45-25-13-15-27-47(45)59(73)49(53)29-43-31-51-61(75-43)57-65(77-51)63-55(67(57,39-17-5-1-6-18-39)40-19-7-2-8-20-40)56-64(79-63)66-58(68(56,41-21-9-3-10-22-41)42-23-11-4-12-24-42)62-52(78-66)32-44(76-62)30-50-54(38(35-71)36-72)46-26-14-16-28-48(46)60(50)74/h1-32H/b49-29-,50-30-. The van der Waals surface area contributed by atoms with E-state index < -0.39 is 10.8 Å². The van der Waals surface area contributed by atoms with Crippen LogP contribution in [0.25, 0.3) is 61.6 Å². The van der Waals surface area contributed by atoms with Crippen LogP contribution in [-0.2, 0) is 10.8 Å². The fourth-order valence-electron chi connectivity index (χ4n) is 12.9. The van der Waals surface area contributed by atoms with Gasteiger partial charge in [-0.05, 0) is 68.8 Å². The van der Waals surface area contributed by atoms with E-state index in [0.29, 0.717) is 44.5 Å². The fourth-order valence-corrected chi connectivity index (χ4v) is 20.0. The van der Waals surface area contributed by atoms with E-state index in [0.717, 1.165) is 50.8 Å². The SMILES string of the molecule is N#CC(C#N)=C1/C(=C/c2cc3sc4c(c3s2)C(c2ccccc2)(c2ccccc2)c2c-4sc3c2C(c2ccccc2)(c2ccccc2)c2c-3sc3cc(/C=C4\C(=O)c5ccccc5C4=C(C#N)C#N)sc23)C(=O)c2ccccc21. The third-order valence-electron chi connectivity index (χ3n) is 15.8. The topological polar surface area (TPSA) is 129 Å². The minimum absolute atomic E-state index is 0.0952. The first-order chi connectivity index (χ1) is 38.8. The highest BCUT2D eigenvalue weighted by molar-refractivity contribution is 7.34. The highest BCUT2D eigenvalue weighted by atomic mass is 32.1. The average Bonchev–Trinajstić information content (AvgIpc) is 1.66. The normalized spacial score (nSPS) is 15.8. The second kappa shape index (κ2) is 17.6. The molecule has 79 heavy (non-hydrogen) atoms. The zero-order chi connectivity index (χ0) is 53.3. The summed E-state index contributed by atoms with van der Waals surface area (Å²) in [4.78, 5) is 35.1. The number of fused-ring (bicyclic) bond motifs is 13. The number of carbonyl (C=O) groups excluding carboxylic acids is 2. The molecule has 15 rings (SSSR count). The Morgan fingerprint density at radius 3 is 1.00 bits per heavy atom. The van der Waals surface area contributed by atoms with Crippen molar-refractivity contribution in [1.82, 2.24) is 0 Å². The molecule has 0 aliphatic heterocycles. The van der Waals surface area contributed by atoms with Gasteiger partial charge in [0.2, 0.25) is 0 Å². The minimum atomic E-state index is -0.850. The van der Waals surface area contributed by atoms with Crippen LogP contribution in [0.1, 0.15) is 86.1 Å². The summed E-state index contributed by atoms with van der Waals surface area (Å²) in [5.74, 6) is -0.423. The molecule has 0 N–H and O–H groups in total. The van der Waals surface area contributed by atoms with E-state index in [9.17, 15) is 30.6 Å². The van der Waals surface area contributed by atoms with Crippen LogP contribution >= 0.6 is 56.7 Å². The number of ketones is 2. The summed E-state index contributed by atoms with van der Waals surface area (Å²) < 4.78 is 4.38. The van der Waals surface area contributed by atoms with Crippen molar-refractivity contribution in [3.05, 3.63) is 281 Å². The molecule has 6 nitrogen and oxygen atoms in total. The van der Waals surface area contributed by atoms with Crippen molar-refractivity contribution in [1.29, 1.82) is 21.0 Å². The van der Waals surface area contributed by atoms with Crippen LogP contribution in [0.15, 0.2) is 204 Å². The molecule has 0 saturated carbocycles. The Labute approximate surface area is 472 Å². The maximum atomic E-state index is 14.3. The van der Waals surface area contributed by atoms with Gasteiger partial charge in [0, 0.05) is 63.7 Å². The molecule has 11 heteroatoms. The lowest BCUT2D eigenvalue weighted by Gasteiger charge is -2.39. The molecule has 6 aromatic carbocycles. The lowest BCUT2D eigenvalue weighted by molar-refractivity contribution is 0.103. The van der Waals surface area contributed by atoms with Crippen molar-refractivity contribution in [2.45, 2.75) is 10.8 Å². The third-order valence-corrected chi connectivity index (χ3v) is 22.1. The van der Waals surface area contributed by atoms with Crippen molar-refractivity contribution in [3.63, 3.8) is 0 Å². The molecule has 0 unspecified atom stereocenters. The van der Waals surface area contributed by atoms with Crippen molar-refractivity contribution >= 4 is 110 Å². The molecule has 0 fully saturated rings. The molecule has 4 aliphatic rings. The third kappa shape index (κ3) is 6.25. The van der Waals surface area contributed by atoms with Gasteiger partial charge < -0.3 is 0 Å². The molecule has 0 saturated heterocycles. The van der Waals surface area contributed by atoms with Gasteiger partial charge in [-0.1, -0.05) is 170 Å². The van der Waals surface area contributed by atoms with Gasteiger partial charge in [0.1, 0.15) is 35.4 Å². The zero-order valence-corrected chi connectivity index (χ0v) is 45.2. The van der Waals surface area contributed by atoms with E-state index in [1.165, 1.54) is 41.8 Å². The molecule has 4 aliphatic carbocycles. The number of allylic oxidation sites excluding steroid dienone is 6. The predicted molar refractivity (Wildman–Crippen MR) is 319 cm³/mol. The van der Waals surface area contributed by atoms with Gasteiger partial charge in [0.15, 0.2) is 11.6 Å². The average molecular weight is 1100 g/mol. The Morgan fingerprint density at radius 1 is 0.367 bits per heavy atom. The summed E-state index contributed by atoms with van der Waals surface area (Å²) in [6.07, 6.45) is 3.75. The Balaban J connectivity index is 1.02. The van der Waals surface area contributed by atoms with Crippen LogP contribution in [0, 0.1) is 45.3 Å². The van der Waals surface area contributed by atoms with Gasteiger partial charge in [0.05, 0.1) is 39.7 Å². The molecule has 0 amide bonds. The van der Waals surface area contributed by atoms with Gasteiger partial charge in [-0.25, -0.2) is 0 Å². The molecular weight excluding hydrogens is 1070 g/mol. The monoisotopic (exact) mass is 1100 g/mol. The first-order valence-electron chi connectivity index (χ1n) is 25.2. The van der Waals surface area contributed by atoms with E-state index in [2.05, 4.69) is 158 Å². The van der Waals surface area contributed by atoms with Gasteiger partial charge in [-0.3, -0.25) is 9.59 Å². The number of Topliss-reactive ketones (excluding diaryl/α,β-unsaturated/α-hetero) is 2. The maximum absolute atomic E-state index is 14.3. The molecule has 0 spiro atoms. The number of benzene rings is 6. The number of rotatable bonds is 6. The van der Waals surface area contributed by atoms with Crippen molar-refractivity contribution in [2.24, 2.45) is 0 Å². The summed E-state index contributed by atoms with van der Waals surface area (Å²) in [6.45, 7) is 0. The summed E-state index contributed by atoms with van der Waals surface area (Å²) in [5, 5.41) is 40.8. The van der Waals surface area contributed by atoms with E-state index in [1.54, 1.807) is 57.5 Å². The number of thiophene rings is 5. The molecule has 11 aromatic rings. The molecule has 0 bridgehead atoms. The van der Waals surface area contributed by atoms with Crippen molar-refractivity contribution in [2.75, 3.05) is 0 Å². The summed E-state index contributed by atoms with van der Waals surface area (Å²) in [6, 6.07) is 70.4. The van der Waals surface area contributed by atoms with Gasteiger partial charge in [-0.15, -0.1) is 56.7 Å². The van der Waals surface area contributed by atoms with Crippen LogP contribution in [0.3, 0.4) is 0 Å². The number of nitriles is 4. The second-order valence-corrected chi connectivity index (χ2v) is 24.9. The molecular formula is C68H32N4O2S5. The minimum Gasteiger partial charge on any atom is -0.289 e. The lowest BCUT2D eigenvalue weighted by atomic mass is 9.61. The second-order valence-electron chi connectivity index (χ2n) is 19.6. The molecule has 0 radical (unpaired) electrons. The van der Waals surface area contributed by atoms with Gasteiger partial charge in [0.25, 0.3) is 0 Å². The number of nitrogens with zero attached hydrogens (tertiary/aromatic N) is 4. The van der Waals surface area contributed by atoms with Gasteiger partial charge >= 0.3 is 0 Å². The Hall–Kier alpha value is -9.40. The van der Waals surface area contributed by atoms with E-state index in [-0.39, 0.29) is 22.7 Å². The molecule has 0 atom stereocenters. The Kier molecular flexibility index (Phi) is 10.4. The highest BCUT2D eigenvalue weighted by Crippen LogP contribution is 2.73. The molecule has 5 heterocycles. The summed E-state index contributed by atoms with van der Waals surface area (Å²) >= 11 is 8.69. The van der Waals surface area contributed by atoms with E-state index in [4.69, 9.17) is 0 Å². The number of carbonyl (C=O) groups is 2. The summed E-state index contributed by atoms with van der Waals surface area (Å²) in [7, 11) is 0. The Bertz CT molecular complexity index is 4440. The molecule has 366 valence electrons. The first kappa shape index (κ1) is 46.9. The Morgan fingerprint density at radius 2 is 0.671 bits per heavy atom. The van der Waals surface area contributed by atoms with Crippen LogP contribution in [0.5, 0.6) is 0 Å². The van der Waals surface area contributed by atoms with Crippen LogP contribution in [0.2, 0.25) is 0 Å². The quantitative estimate of drug-likeness (QED) is 0.120.